The van der Waals surface area contributed by atoms with Gasteiger partial charge in [0.1, 0.15) is 5.75 Å². The zero-order valence-electron chi connectivity index (χ0n) is 13.1. The fourth-order valence-corrected chi connectivity index (χ4v) is 3.22. The molecule has 0 saturated carbocycles. The third kappa shape index (κ3) is 3.78. The molecule has 2 heterocycles. The third-order valence-electron chi connectivity index (χ3n) is 4.37. The van der Waals surface area contributed by atoms with Gasteiger partial charge in [-0.3, -0.25) is 9.69 Å². The van der Waals surface area contributed by atoms with Crippen LogP contribution < -0.4 is 10.1 Å². The topological polar surface area (TPSA) is 50.8 Å². The van der Waals surface area contributed by atoms with E-state index in [-0.39, 0.29) is 18.6 Å². The van der Waals surface area contributed by atoms with Crippen molar-refractivity contribution in [1.29, 1.82) is 0 Å². The molecule has 0 bridgehead atoms. The van der Waals surface area contributed by atoms with Gasteiger partial charge in [-0.2, -0.15) is 0 Å². The Kier molecular flexibility index (Phi) is 4.95. The van der Waals surface area contributed by atoms with Crippen molar-refractivity contribution in [2.24, 2.45) is 0 Å². The summed E-state index contributed by atoms with van der Waals surface area (Å²) in [6, 6.07) is 8.11. The first-order valence-corrected chi connectivity index (χ1v) is 8.03. The number of amides is 1. The summed E-state index contributed by atoms with van der Waals surface area (Å²) < 4.78 is 11.1. The normalized spacial score (nSPS) is 25.3. The van der Waals surface area contributed by atoms with Gasteiger partial charge in [0.05, 0.1) is 25.3 Å². The average Bonchev–Trinajstić information content (AvgIpc) is 3.16. The van der Waals surface area contributed by atoms with Gasteiger partial charge in [-0.1, -0.05) is 12.1 Å². The van der Waals surface area contributed by atoms with E-state index in [1.807, 2.05) is 31.2 Å². The van der Waals surface area contributed by atoms with E-state index in [0.717, 1.165) is 24.4 Å². The number of benzene rings is 1. The molecule has 0 aromatic heterocycles. The van der Waals surface area contributed by atoms with E-state index >= 15 is 0 Å². The van der Waals surface area contributed by atoms with Crippen molar-refractivity contribution in [2.75, 3.05) is 32.9 Å². The smallest absolute Gasteiger partial charge is 0.258 e. The lowest BCUT2D eigenvalue weighted by Crippen LogP contribution is -2.51. The van der Waals surface area contributed by atoms with E-state index in [1.54, 1.807) is 0 Å². The molecule has 3 rings (SSSR count). The molecule has 1 N–H and O–H groups in total. The van der Waals surface area contributed by atoms with E-state index < -0.39 is 0 Å². The number of carbonyl (C=O) groups excluding carboxylic acids is 1. The Bertz CT molecular complexity index is 514. The maximum Gasteiger partial charge on any atom is 0.258 e. The minimum Gasteiger partial charge on any atom is -0.484 e. The fraction of sp³-hybridized carbons (Fsp3) is 0.588. The quantitative estimate of drug-likeness (QED) is 0.892. The molecule has 22 heavy (non-hydrogen) atoms. The summed E-state index contributed by atoms with van der Waals surface area (Å²) in [5, 5.41) is 3.06. The third-order valence-corrected chi connectivity index (χ3v) is 4.37. The van der Waals surface area contributed by atoms with Crippen LogP contribution in [0.3, 0.4) is 0 Å². The van der Waals surface area contributed by atoms with Crippen LogP contribution in [0.25, 0.3) is 0 Å². The van der Waals surface area contributed by atoms with Gasteiger partial charge in [-0.25, -0.2) is 0 Å². The van der Waals surface area contributed by atoms with Gasteiger partial charge < -0.3 is 14.8 Å². The van der Waals surface area contributed by atoms with E-state index in [2.05, 4.69) is 10.2 Å². The van der Waals surface area contributed by atoms with E-state index in [0.29, 0.717) is 19.3 Å². The summed E-state index contributed by atoms with van der Waals surface area (Å²) in [4.78, 5) is 14.5. The molecular formula is C17H24N2O3. The summed E-state index contributed by atoms with van der Waals surface area (Å²) in [7, 11) is 0. The van der Waals surface area contributed by atoms with Crippen LogP contribution in [0.5, 0.6) is 5.75 Å². The number of ether oxygens (including phenoxy) is 2. The van der Waals surface area contributed by atoms with Crippen LogP contribution in [-0.2, 0) is 9.53 Å². The van der Waals surface area contributed by atoms with E-state index in [9.17, 15) is 4.79 Å². The van der Waals surface area contributed by atoms with Crippen molar-refractivity contribution in [1.82, 2.24) is 10.2 Å². The highest BCUT2D eigenvalue weighted by Crippen LogP contribution is 2.19. The van der Waals surface area contributed by atoms with Crippen LogP contribution in [0.2, 0.25) is 0 Å². The Morgan fingerprint density at radius 3 is 2.95 bits per heavy atom. The van der Waals surface area contributed by atoms with Crippen LogP contribution in [0.4, 0.5) is 0 Å². The number of nitrogens with zero attached hydrogens (tertiary/aromatic N) is 1. The lowest BCUT2D eigenvalue weighted by atomic mass is 10.1. The lowest BCUT2D eigenvalue weighted by Gasteiger charge is -2.27. The van der Waals surface area contributed by atoms with Crippen LogP contribution in [0.15, 0.2) is 24.3 Å². The molecule has 2 atom stereocenters. The minimum absolute atomic E-state index is 0.0483. The minimum atomic E-state index is -0.0822. The molecule has 0 spiro atoms. The van der Waals surface area contributed by atoms with Gasteiger partial charge >= 0.3 is 0 Å². The highest BCUT2D eigenvalue weighted by molar-refractivity contribution is 5.78. The van der Waals surface area contributed by atoms with Crippen molar-refractivity contribution in [3.05, 3.63) is 29.8 Å². The zero-order valence-corrected chi connectivity index (χ0v) is 13.1. The monoisotopic (exact) mass is 304 g/mol. The summed E-state index contributed by atoms with van der Waals surface area (Å²) in [5.74, 6) is 0.648. The van der Waals surface area contributed by atoms with Gasteiger partial charge in [0, 0.05) is 0 Å². The summed E-state index contributed by atoms with van der Waals surface area (Å²) in [5.41, 5.74) is 1.12. The largest absolute Gasteiger partial charge is 0.484 e. The van der Waals surface area contributed by atoms with Gasteiger partial charge in [0.2, 0.25) is 0 Å². The van der Waals surface area contributed by atoms with Crippen LogP contribution >= 0.6 is 0 Å². The first-order chi connectivity index (χ1) is 10.7. The number of nitrogens with one attached hydrogen (secondary N) is 1. The molecule has 5 heteroatoms. The molecule has 1 aromatic rings. The second-order valence-corrected chi connectivity index (χ2v) is 6.13. The molecule has 2 saturated heterocycles. The summed E-state index contributed by atoms with van der Waals surface area (Å²) >= 11 is 0. The number of likely N-dealkylation sites (tertiary alicyclic amines) is 1. The molecule has 120 valence electrons. The molecule has 1 amide bonds. The molecule has 0 unspecified atom stereocenters. The van der Waals surface area contributed by atoms with Gasteiger partial charge in [0.25, 0.3) is 5.91 Å². The highest BCUT2D eigenvalue weighted by Gasteiger charge is 2.35. The molecule has 1 aromatic carbocycles. The molecule has 5 nitrogen and oxygen atoms in total. The van der Waals surface area contributed by atoms with E-state index in [1.165, 1.54) is 12.8 Å². The maximum atomic E-state index is 12.1. The molecule has 2 aliphatic rings. The van der Waals surface area contributed by atoms with Crippen molar-refractivity contribution >= 4 is 5.91 Å². The summed E-state index contributed by atoms with van der Waals surface area (Å²) in [6.45, 7) is 5.58. The molecular weight excluding hydrogens is 280 g/mol. The van der Waals surface area contributed by atoms with Crippen LogP contribution in [-0.4, -0.2) is 55.8 Å². The second kappa shape index (κ2) is 7.11. The second-order valence-electron chi connectivity index (χ2n) is 6.13. The Balaban J connectivity index is 1.48. The van der Waals surface area contributed by atoms with Crippen LogP contribution in [0, 0.1) is 6.92 Å². The zero-order chi connectivity index (χ0) is 15.4. The fourth-order valence-electron chi connectivity index (χ4n) is 3.22. The first kappa shape index (κ1) is 15.3. The highest BCUT2D eigenvalue weighted by atomic mass is 16.5. The first-order valence-electron chi connectivity index (χ1n) is 8.03. The number of hydrogen-bond acceptors (Lipinski definition) is 4. The Morgan fingerprint density at radius 2 is 2.18 bits per heavy atom. The number of hydrogen-bond donors (Lipinski definition) is 1. The number of aryl methyl sites for hydroxylation is 1. The summed E-state index contributed by atoms with van der Waals surface area (Å²) in [6.07, 6.45) is 2.49. The Morgan fingerprint density at radius 1 is 1.36 bits per heavy atom. The van der Waals surface area contributed by atoms with Crippen molar-refractivity contribution < 1.29 is 14.3 Å². The number of rotatable bonds is 5. The Hall–Kier alpha value is -1.59. The number of carbonyl (C=O) groups is 1. The standard InChI is InChI=1S/C17H24N2O3/c1-13-5-4-6-14(9-13)22-12-17(20)18-15-10-21-11-16(15)19-7-2-3-8-19/h4-6,9,15-16H,2-3,7-8,10-12H2,1H3,(H,18,20)/t15-,16-/m0/s1. The molecule has 2 fully saturated rings. The Labute approximate surface area is 131 Å². The maximum absolute atomic E-state index is 12.1. The molecule has 0 aliphatic carbocycles. The molecule has 0 radical (unpaired) electrons. The average molecular weight is 304 g/mol. The predicted molar refractivity (Wildman–Crippen MR) is 84.0 cm³/mol. The van der Waals surface area contributed by atoms with Crippen LogP contribution in [0.1, 0.15) is 18.4 Å². The van der Waals surface area contributed by atoms with Crippen molar-refractivity contribution in [2.45, 2.75) is 31.8 Å². The van der Waals surface area contributed by atoms with Crippen molar-refractivity contribution in [3.63, 3.8) is 0 Å². The molecule has 2 aliphatic heterocycles. The lowest BCUT2D eigenvalue weighted by molar-refractivity contribution is -0.124. The predicted octanol–water partition coefficient (Wildman–Crippen LogP) is 1.35. The van der Waals surface area contributed by atoms with Crippen molar-refractivity contribution in [3.8, 4) is 5.75 Å². The SMILES string of the molecule is Cc1cccc(OCC(=O)N[C@H]2COC[C@@H]2N2CCCC2)c1. The van der Waals surface area contributed by atoms with Gasteiger partial charge in [0.15, 0.2) is 6.61 Å². The van der Waals surface area contributed by atoms with Gasteiger partial charge in [-0.05, 0) is 50.6 Å². The van der Waals surface area contributed by atoms with Gasteiger partial charge in [-0.15, -0.1) is 0 Å². The van der Waals surface area contributed by atoms with E-state index in [4.69, 9.17) is 9.47 Å².